The van der Waals surface area contributed by atoms with Gasteiger partial charge >= 0.3 is 0 Å². The zero-order valence-corrected chi connectivity index (χ0v) is 14.1. The molecule has 112 valence electrons. The number of nitrogens with zero attached hydrogens (tertiary/aromatic N) is 3. The highest BCUT2D eigenvalue weighted by Crippen LogP contribution is 2.25. The largest absolute Gasteiger partial charge is 0.282 e. The smallest absolute Gasteiger partial charge is 0.267 e. The molecule has 4 nitrogen and oxygen atoms in total. The van der Waals surface area contributed by atoms with Crippen LogP contribution < -0.4 is 5.56 Å². The Morgan fingerprint density at radius 1 is 1.27 bits per heavy atom. The number of hydrogen-bond donors (Lipinski definition) is 0. The molecule has 0 radical (unpaired) electrons. The Labute approximate surface area is 140 Å². The number of aryl methyl sites for hydroxylation is 2. The van der Waals surface area contributed by atoms with Crippen LogP contribution in [0, 0.1) is 13.8 Å². The molecule has 3 rings (SSSR count). The summed E-state index contributed by atoms with van der Waals surface area (Å²) < 4.78 is 1.23. The molecule has 0 saturated heterocycles. The molecule has 0 aliphatic heterocycles. The highest BCUT2D eigenvalue weighted by molar-refractivity contribution is 7.18. The van der Waals surface area contributed by atoms with Crippen LogP contribution >= 0.6 is 34.5 Å². The zero-order valence-electron chi connectivity index (χ0n) is 11.8. The van der Waals surface area contributed by atoms with E-state index in [9.17, 15) is 4.79 Å². The number of rotatable bonds is 2. The van der Waals surface area contributed by atoms with Gasteiger partial charge in [-0.05, 0) is 37.1 Å². The molecule has 0 bridgehead atoms. The number of aromatic nitrogens is 2. The minimum atomic E-state index is -0.178. The highest BCUT2D eigenvalue weighted by Gasteiger charge is 2.11. The zero-order chi connectivity index (χ0) is 15.9. The second-order valence-electron chi connectivity index (χ2n) is 4.78. The maximum absolute atomic E-state index is 12.5. The number of halogens is 2. The van der Waals surface area contributed by atoms with Crippen molar-refractivity contribution in [1.82, 2.24) is 9.66 Å². The van der Waals surface area contributed by atoms with E-state index in [2.05, 4.69) is 10.1 Å². The third-order valence-electron chi connectivity index (χ3n) is 3.35. The summed E-state index contributed by atoms with van der Waals surface area (Å²) in [6, 6.07) is 5.14. The first-order valence-electron chi connectivity index (χ1n) is 6.44. The van der Waals surface area contributed by atoms with Crippen LogP contribution in [0.1, 0.15) is 16.0 Å². The summed E-state index contributed by atoms with van der Waals surface area (Å²) in [5.74, 6) is 0. The molecular weight excluding hydrogens is 341 g/mol. The van der Waals surface area contributed by atoms with Crippen molar-refractivity contribution in [3.63, 3.8) is 0 Å². The molecule has 0 N–H and O–H groups in total. The van der Waals surface area contributed by atoms with Crippen LogP contribution in [0.5, 0.6) is 0 Å². The quantitative estimate of drug-likeness (QED) is 0.647. The van der Waals surface area contributed by atoms with Crippen molar-refractivity contribution in [3.05, 3.63) is 60.9 Å². The monoisotopic (exact) mass is 351 g/mol. The predicted molar refractivity (Wildman–Crippen MR) is 92.8 cm³/mol. The highest BCUT2D eigenvalue weighted by atomic mass is 35.5. The van der Waals surface area contributed by atoms with Gasteiger partial charge in [0.15, 0.2) is 0 Å². The SMILES string of the molecule is Cc1sc2ncn(/N=C/c3ccc(Cl)c(Cl)c3)c(=O)c2c1C. The van der Waals surface area contributed by atoms with Crippen molar-refractivity contribution >= 4 is 51.0 Å². The first kappa shape index (κ1) is 15.2. The van der Waals surface area contributed by atoms with Gasteiger partial charge in [-0.1, -0.05) is 29.3 Å². The van der Waals surface area contributed by atoms with E-state index in [1.807, 2.05) is 13.8 Å². The molecule has 0 fully saturated rings. The molecule has 2 heterocycles. The molecule has 0 unspecified atom stereocenters. The lowest BCUT2D eigenvalue weighted by Gasteiger charge is -1.99. The Morgan fingerprint density at radius 3 is 2.77 bits per heavy atom. The molecule has 22 heavy (non-hydrogen) atoms. The second-order valence-corrected chi connectivity index (χ2v) is 6.79. The summed E-state index contributed by atoms with van der Waals surface area (Å²) >= 11 is 13.3. The fourth-order valence-corrected chi connectivity index (χ4v) is 3.32. The topological polar surface area (TPSA) is 47.2 Å². The maximum atomic E-state index is 12.5. The van der Waals surface area contributed by atoms with E-state index in [0.717, 1.165) is 20.8 Å². The minimum Gasteiger partial charge on any atom is -0.267 e. The molecule has 0 aliphatic carbocycles. The van der Waals surface area contributed by atoms with Crippen molar-refractivity contribution in [2.75, 3.05) is 0 Å². The van der Waals surface area contributed by atoms with Gasteiger partial charge in [-0.2, -0.15) is 9.78 Å². The third-order valence-corrected chi connectivity index (χ3v) is 5.20. The van der Waals surface area contributed by atoms with E-state index in [4.69, 9.17) is 23.2 Å². The Bertz CT molecular complexity index is 959. The number of fused-ring (bicyclic) bond motifs is 1. The summed E-state index contributed by atoms with van der Waals surface area (Å²) in [7, 11) is 0. The lowest BCUT2D eigenvalue weighted by Crippen LogP contribution is -2.16. The molecule has 0 amide bonds. The van der Waals surface area contributed by atoms with E-state index >= 15 is 0 Å². The van der Waals surface area contributed by atoms with Gasteiger partial charge in [-0.3, -0.25) is 4.79 Å². The van der Waals surface area contributed by atoms with E-state index in [0.29, 0.717) is 15.4 Å². The van der Waals surface area contributed by atoms with Crippen molar-refractivity contribution in [2.24, 2.45) is 5.10 Å². The standard InChI is InChI=1S/C15H11Cl2N3OS/c1-8-9(2)22-14-13(8)15(21)20(7-18-14)19-6-10-3-4-11(16)12(17)5-10/h3-7H,1-2H3/b19-6+. The van der Waals surface area contributed by atoms with Crippen molar-refractivity contribution in [2.45, 2.75) is 13.8 Å². The molecule has 0 saturated carbocycles. The van der Waals surface area contributed by atoms with Gasteiger partial charge in [-0.15, -0.1) is 11.3 Å². The lowest BCUT2D eigenvalue weighted by atomic mass is 10.2. The molecular formula is C15H11Cl2N3OS. The summed E-state index contributed by atoms with van der Waals surface area (Å²) in [5, 5.41) is 5.70. The van der Waals surface area contributed by atoms with Crippen LogP contribution in [-0.4, -0.2) is 15.9 Å². The van der Waals surface area contributed by atoms with Crippen LogP contribution in [0.2, 0.25) is 10.0 Å². The van der Waals surface area contributed by atoms with Gasteiger partial charge in [-0.25, -0.2) is 4.98 Å². The third kappa shape index (κ3) is 2.67. The summed E-state index contributed by atoms with van der Waals surface area (Å²) in [6.07, 6.45) is 2.97. The fraction of sp³-hybridized carbons (Fsp3) is 0.133. The van der Waals surface area contributed by atoms with Crippen LogP contribution in [-0.2, 0) is 0 Å². The van der Waals surface area contributed by atoms with Crippen LogP contribution in [0.4, 0.5) is 0 Å². The van der Waals surface area contributed by atoms with E-state index in [1.54, 1.807) is 24.4 Å². The maximum Gasteiger partial charge on any atom is 0.282 e. The van der Waals surface area contributed by atoms with Gasteiger partial charge in [0.1, 0.15) is 11.2 Å². The van der Waals surface area contributed by atoms with Crippen LogP contribution in [0.3, 0.4) is 0 Å². The first-order chi connectivity index (χ1) is 10.5. The van der Waals surface area contributed by atoms with Gasteiger partial charge in [0.2, 0.25) is 0 Å². The number of thiophene rings is 1. The summed E-state index contributed by atoms with van der Waals surface area (Å²) in [5.41, 5.74) is 1.53. The van der Waals surface area contributed by atoms with E-state index < -0.39 is 0 Å². The molecule has 3 aromatic rings. The first-order valence-corrected chi connectivity index (χ1v) is 8.01. The normalized spacial score (nSPS) is 11.6. The van der Waals surface area contributed by atoms with Crippen molar-refractivity contribution in [1.29, 1.82) is 0 Å². The second kappa shape index (κ2) is 5.83. The van der Waals surface area contributed by atoms with Crippen LogP contribution in [0.15, 0.2) is 34.4 Å². The van der Waals surface area contributed by atoms with Crippen LogP contribution in [0.25, 0.3) is 10.2 Å². The van der Waals surface area contributed by atoms with Crippen molar-refractivity contribution in [3.8, 4) is 0 Å². The average molecular weight is 352 g/mol. The summed E-state index contributed by atoms with van der Waals surface area (Å²) in [6.45, 7) is 3.90. The number of benzene rings is 1. The minimum absolute atomic E-state index is 0.178. The van der Waals surface area contributed by atoms with Gasteiger partial charge in [0.25, 0.3) is 5.56 Å². The Hall–Kier alpha value is -1.69. The Balaban J connectivity index is 2.05. The fourth-order valence-electron chi connectivity index (χ4n) is 2.03. The molecule has 0 aliphatic rings. The van der Waals surface area contributed by atoms with Gasteiger partial charge < -0.3 is 0 Å². The molecule has 0 spiro atoms. The summed E-state index contributed by atoms with van der Waals surface area (Å²) in [4.78, 5) is 18.6. The van der Waals surface area contributed by atoms with E-state index in [-0.39, 0.29) is 5.56 Å². The number of hydrogen-bond acceptors (Lipinski definition) is 4. The van der Waals surface area contributed by atoms with Crippen molar-refractivity contribution < 1.29 is 0 Å². The Morgan fingerprint density at radius 2 is 2.05 bits per heavy atom. The Kier molecular flexibility index (Phi) is 4.04. The molecule has 7 heteroatoms. The molecule has 1 aromatic carbocycles. The lowest BCUT2D eigenvalue weighted by molar-refractivity contribution is 0.818. The molecule has 2 aromatic heterocycles. The van der Waals surface area contributed by atoms with Gasteiger partial charge in [0, 0.05) is 4.88 Å². The predicted octanol–water partition coefficient (Wildman–Crippen LogP) is 4.26. The molecule has 0 atom stereocenters. The van der Waals surface area contributed by atoms with E-state index in [1.165, 1.54) is 22.3 Å². The van der Waals surface area contributed by atoms with Gasteiger partial charge in [0.05, 0.1) is 21.6 Å². The average Bonchev–Trinajstić information content (AvgIpc) is 2.78.